The van der Waals surface area contributed by atoms with Crippen molar-refractivity contribution in [1.29, 1.82) is 0 Å². The van der Waals surface area contributed by atoms with E-state index < -0.39 is 0 Å². The largest absolute Gasteiger partial charge is 0.488 e. The Bertz CT molecular complexity index is 1190. The van der Waals surface area contributed by atoms with Crippen LogP contribution in [0.4, 0.5) is 0 Å². The molecule has 0 fully saturated rings. The highest BCUT2D eigenvalue weighted by atomic mass is 16.5. The van der Waals surface area contributed by atoms with Gasteiger partial charge in [-0.2, -0.15) is 0 Å². The molecule has 3 heteroatoms. The normalized spacial score (nSPS) is 12.2. The fourth-order valence-electron chi connectivity index (χ4n) is 4.33. The predicted octanol–water partition coefficient (Wildman–Crippen LogP) is 10.2. The van der Waals surface area contributed by atoms with Crippen LogP contribution in [0, 0.1) is 0 Å². The standard InChI is InChI=1S/C36H42O3/c1-34(2,3)37-31-16-10-25(11-17-31)28-22-29(26-12-18-32(19-13-26)38-35(4,5)6)24-30(23-28)27-14-20-33(21-15-27)39-36(7,8)9/h10-24H,1-9H3. The Labute approximate surface area is 234 Å². The molecule has 0 amide bonds. The molecule has 0 radical (unpaired) electrons. The number of hydrogen-bond donors (Lipinski definition) is 0. The molecule has 0 aliphatic heterocycles. The Balaban J connectivity index is 1.74. The van der Waals surface area contributed by atoms with E-state index in [0.717, 1.165) is 50.6 Å². The molecule has 0 atom stereocenters. The van der Waals surface area contributed by atoms with Gasteiger partial charge in [0.2, 0.25) is 0 Å². The third-order valence-electron chi connectivity index (χ3n) is 5.77. The van der Waals surface area contributed by atoms with Crippen molar-refractivity contribution in [2.75, 3.05) is 0 Å². The molecule has 0 N–H and O–H groups in total. The van der Waals surface area contributed by atoms with Gasteiger partial charge >= 0.3 is 0 Å². The molecule has 204 valence electrons. The second-order valence-corrected chi connectivity index (χ2v) is 13.0. The molecule has 0 saturated carbocycles. The first-order valence-electron chi connectivity index (χ1n) is 13.7. The SMILES string of the molecule is CC(C)(C)Oc1ccc(-c2cc(-c3ccc(OC(C)(C)C)cc3)cc(-c3ccc(OC(C)(C)C)cc3)c2)cc1. The number of hydrogen-bond acceptors (Lipinski definition) is 3. The topological polar surface area (TPSA) is 27.7 Å². The molecule has 4 aromatic carbocycles. The molecule has 3 nitrogen and oxygen atoms in total. The zero-order valence-corrected chi connectivity index (χ0v) is 24.9. The van der Waals surface area contributed by atoms with Crippen molar-refractivity contribution in [3.8, 4) is 50.6 Å². The predicted molar refractivity (Wildman–Crippen MR) is 164 cm³/mol. The van der Waals surface area contributed by atoms with Gasteiger partial charge in [-0.15, -0.1) is 0 Å². The number of ether oxygens (including phenoxy) is 3. The highest BCUT2D eigenvalue weighted by Gasteiger charge is 2.15. The van der Waals surface area contributed by atoms with E-state index in [9.17, 15) is 0 Å². The van der Waals surface area contributed by atoms with E-state index in [4.69, 9.17) is 14.2 Å². The Morgan fingerprint density at radius 1 is 0.308 bits per heavy atom. The summed E-state index contributed by atoms with van der Waals surface area (Å²) in [5, 5.41) is 0. The van der Waals surface area contributed by atoms with Crippen LogP contribution in [0.5, 0.6) is 17.2 Å². The monoisotopic (exact) mass is 522 g/mol. The Kier molecular flexibility index (Phi) is 7.84. The van der Waals surface area contributed by atoms with Crippen molar-refractivity contribution in [1.82, 2.24) is 0 Å². The van der Waals surface area contributed by atoms with Crippen molar-refractivity contribution in [3.63, 3.8) is 0 Å². The van der Waals surface area contributed by atoms with E-state index in [0.29, 0.717) is 0 Å². The average molecular weight is 523 g/mol. The Hall–Kier alpha value is -3.72. The zero-order chi connectivity index (χ0) is 28.4. The van der Waals surface area contributed by atoms with Crippen molar-refractivity contribution in [2.24, 2.45) is 0 Å². The van der Waals surface area contributed by atoms with Gasteiger partial charge in [0.05, 0.1) is 0 Å². The third-order valence-corrected chi connectivity index (χ3v) is 5.77. The summed E-state index contributed by atoms with van der Waals surface area (Å²) in [5.41, 5.74) is 6.15. The van der Waals surface area contributed by atoms with Crippen LogP contribution in [0.2, 0.25) is 0 Å². The van der Waals surface area contributed by atoms with Gasteiger partial charge in [-0.3, -0.25) is 0 Å². The lowest BCUT2D eigenvalue weighted by Gasteiger charge is -2.22. The molecule has 0 bridgehead atoms. The molecule has 0 aromatic heterocycles. The molecule has 0 heterocycles. The minimum Gasteiger partial charge on any atom is -0.488 e. The summed E-state index contributed by atoms with van der Waals surface area (Å²) in [7, 11) is 0. The van der Waals surface area contributed by atoms with Gasteiger partial charge in [0.1, 0.15) is 34.1 Å². The summed E-state index contributed by atoms with van der Waals surface area (Å²) in [6.07, 6.45) is 0. The lowest BCUT2D eigenvalue weighted by atomic mass is 9.93. The van der Waals surface area contributed by atoms with E-state index in [2.05, 4.69) is 117 Å². The molecule has 4 aromatic rings. The van der Waals surface area contributed by atoms with Crippen LogP contribution in [0.1, 0.15) is 62.3 Å². The van der Waals surface area contributed by atoms with Gasteiger partial charge in [0, 0.05) is 0 Å². The molecule has 39 heavy (non-hydrogen) atoms. The van der Waals surface area contributed by atoms with Gasteiger partial charge in [0.25, 0.3) is 0 Å². The molecule has 0 saturated heterocycles. The van der Waals surface area contributed by atoms with E-state index in [1.807, 2.05) is 36.4 Å². The highest BCUT2D eigenvalue weighted by molar-refractivity contribution is 5.81. The first-order chi connectivity index (χ1) is 18.1. The maximum atomic E-state index is 6.05. The van der Waals surface area contributed by atoms with Gasteiger partial charge in [-0.25, -0.2) is 0 Å². The molecular weight excluding hydrogens is 480 g/mol. The van der Waals surface area contributed by atoms with Crippen LogP contribution in [0.25, 0.3) is 33.4 Å². The fourth-order valence-corrected chi connectivity index (χ4v) is 4.33. The van der Waals surface area contributed by atoms with Crippen LogP contribution < -0.4 is 14.2 Å². The fraction of sp³-hybridized carbons (Fsp3) is 0.333. The molecule has 0 unspecified atom stereocenters. The summed E-state index contributed by atoms with van der Waals surface area (Å²) in [4.78, 5) is 0. The van der Waals surface area contributed by atoms with Crippen LogP contribution in [-0.4, -0.2) is 16.8 Å². The van der Waals surface area contributed by atoms with Crippen LogP contribution in [-0.2, 0) is 0 Å². The first kappa shape index (κ1) is 28.3. The average Bonchev–Trinajstić information content (AvgIpc) is 2.82. The number of benzene rings is 4. The minimum atomic E-state index is -0.236. The van der Waals surface area contributed by atoms with E-state index in [1.165, 1.54) is 0 Å². The quantitative estimate of drug-likeness (QED) is 0.252. The highest BCUT2D eigenvalue weighted by Crippen LogP contribution is 2.35. The molecule has 0 spiro atoms. The van der Waals surface area contributed by atoms with Crippen molar-refractivity contribution in [3.05, 3.63) is 91.0 Å². The second-order valence-electron chi connectivity index (χ2n) is 13.0. The van der Waals surface area contributed by atoms with Gasteiger partial charge in [-0.05, 0) is 150 Å². The smallest absolute Gasteiger partial charge is 0.120 e. The van der Waals surface area contributed by atoms with Gasteiger partial charge in [-0.1, -0.05) is 36.4 Å². The first-order valence-corrected chi connectivity index (χ1v) is 13.7. The third kappa shape index (κ3) is 8.38. The molecular formula is C36H42O3. The maximum absolute atomic E-state index is 6.05. The minimum absolute atomic E-state index is 0.236. The Morgan fingerprint density at radius 3 is 0.692 bits per heavy atom. The second kappa shape index (κ2) is 10.8. The maximum Gasteiger partial charge on any atom is 0.120 e. The van der Waals surface area contributed by atoms with Gasteiger partial charge in [0.15, 0.2) is 0 Å². The summed E-state index contributed by atoms with van der Waals surface area (Å²) < 4.78 is 18.1. The molecule has 0 aliphatic rings. The van der Waals surface area contributed by atoms with E-state index >= 15 is 0 Å². The summed E-state index contributed by atoms with van der Waals surface area (Å²) in [6, 6.07) is 31.8. The lowest BCUT2D eigenvalue weighted by molar-refractivity contribution is 0.130. The summed E-state index contributed by atoms with van der Waals surface area (Å²) in [5.74, 6) is 2.60. The van der Waals surface area contributed by atoms with Crippen molar-refractivity contribution in [2.45, 2.75) is 79.1 Å². The van der Waals surface area contributed by atoms with Crippen LogP contribution in [0.15, 0.2) is 91.0 Å². The molecule has 4 rings (SSSR count). The zero-order valence-electron chi connectivity index (χ0n) is 24.9. The van der Waals surface area contributed by atoms with Crippen molar-refractivity contribution < 1.29 is 14.2 Å². The number of rotatable bonds is 6. The van der Waals surface area contributed by atoms with Crippen LogP contribution in [0.3, 0.4) is 0 Å². The van der Waals surface area contributed by atoms with E-state index in [-0.39, 0.29) is 16.8 Å². The van der Waals surface area contributed by atoms with Gasteiger partial charge < -0.3 is 14.2 Å². The van der Waals surface area contributed by atoms with Crippen molar-refractivity contribution >= 4 is 0 Å². The lowest BCUT2D eigenvalue weighted by Crippen LogP contribution is -2.22. The summed E-state index contributed by atoms with van der Waals surface area (Å²) >= 11 is 0. The Morgan fingerprint density at radius 2 is 0.513 bits per heavy atom. The summed E-state index contributed by atoms with van der Waals surface area (Å²) in [6.45, 7) is 18.6. The molecule has 0 aliphatic carbocycles. The van der Waals surface area contributed by atoms with Crippen LogP contribution >= 0.6 is 0 Å². The van der Waals surface area contributed by atoms with E-state index in [1.54, 1.807) is 0 Å².